The van der Waals surface area contributed by atoms with E-state index in [1.807, 2.05) is 8.85 Å². The molecule has 1 aromatic carbocycles. The van der Waals surface area contributed by atoms with Crippen LogP contribution < -0.4 is 5.32 Å². The number of benzene rings is 1. The summed E-state index contributed by atoms with van der Waals surface area (Å²) in [4.78, 5) is 16.6. The van der Waals surface area contributed by atoms with Crippen molar-refractivity contribution in [3.63, 3.8) is 0 Å². The second-order valence-electron chi connectivity index (χ2n) is 4.60. The summed E-state index contributed by atoms with van der Waals surface area (Å²) in [5.74, 6) is 0.369. The number of nitrogens with zero attached hydrogens (tertiary/aromatic N) is 4. The van der Waals surface area contributed by atoms with Crippen LogP contribution in [0.25, 0.3) is 21.8 Å². The van der Waals surface area contributed by atoms with Gasteiger partial charge in [0, 0.05) is 5.56 Å². The van der Waals surface area contributed by atoms with Gasteiger partial charge in [0.25, 0.3) is 5.91 Å². The Bertz CT molecular complexity index is 992. The minimum Gasteiger partial charge on any atom is -0.462 e. The molecule has 0 saturated heterocycles. The predicted octanol–water partition coefficient (Wildman–Crippen LogP) is 3.60. The molecule has 9 heteroatoms. The molecule has 23 heavy (non-hydrogen) atoms. The van der Waals surface area contributed by atoms with E-state index in [2.05, 4.69) is 43.4 Å². The molecule has 0 radical (unpaired) electrons. The maximum Gasteiger partial charge on any atom is 0.257 e. The number of imidazole rings is 1. The summed E-state index contributed by atoms with van der Waals surface area (Å²) in [5.41, 5.74) is 2.24. The van der Waals surface area contributed by atoms with Crippen LogP contribution in [0.15, 0.2) is 47.3 Å². The number of aromatic nitrogens is 4. The average Bonchev–Trinajstić information content (AvgIpc) is 3.28. The van der Waals surface area contributed by atoms with E-state index in [9.17, 15) is 4.79 Å². The molecule has 0 spiro atoms. The minimum absolute atomic E-state index is 0.253. The topological polar surface area (TPSA) is 85.8 Å². The van der Waals surface area contributed by atoms with Gasteiger partial charge in [-0.05, 0) is 30.3 Å². The molecule has 3 heterocycles. The van der Waals surface area contributed by atoms with E-state index in [-0.39, 0.29) is 5.91 Å². The van der Waals surface area contributed by atoms with Crippen LogP contribution in [0.5, 0.6) is 0 Å². The number of nitrogens with one attached hydrogen (secondary N) is 1. The Morgan fingerprint density at radius 3 is 3.04 bits per heavy atom. The fourth-order valence-electron chi connectivity index (χ4n) is 2.07. The highest BCUT2D eigenvalue weighted by Crippen LogP contribution is 2.27. The number of hydrogen-bond acceptors (Lipinski definition) is 6. The first-order chi connectivity index (χ1) is 11.2. The second-order valence-corrected chi connectivity index (χ2v) is 6.62. The number of hydrogen-bond donors (Lipinski definition) is 1. The third kappa shape index (κ3) is 2.72. The zero-order chi connectivity index (χ0) is 15.8. The number of fused-ring (bicyclic) bond motifs is 1. The Hall–Kier alpha value is -2.27. The molecule has 0 unspecified atom stereocenters. The minimum atomic E-state index is -0.253. The highest BCUT2D eigenvalue weighted by atomic mass is 127. The van der Waals surface area contributed by atoms with Crippen molar-refractivity contribution < 1.29 is 9.21 Å². The van der Waals surface area contributed by atoms with Crippen molar-refractivity contribution in [2.45, 2.75) is 0 Å². The average molecular weight is 437 g/mol. The highest BCUT2D eigenvalue weighted by Gasteiger charge is 2.13. The predicted molar refractivity (Wildman–Crippen MR) is 94.7 cm³/mol. The van der Waals surface area contributed by atoms with Crippen LogP contribution in [-0.2, 0) is 0 Å². The number of anilines is 1. The summed E-state index contributed by atoms with van der Waals surface area (Å²) in [7, 11) is 0. The van der Waals surface area contributed by atoms with Gasteiger partial charge in [-0.3, -0.25) is 12.9 Å². The van der Waals surface area contributed by atoms with Crippen LogP contribution in [0.1, 0.15) is 10.4 Å². The van der Waals surface area contributed by atoms with E-state index < -0.39 is 0 Å². The number of carbonyl (C=O) groups excluding carboxylic acids is 1. The van der Waals surface area contributed by atoms with Gasteiger partial charge in [-0.1, -0.05) is 11.3 Å². The van der Waals surface area contributed by atoms with Crippen molar-refractivity contribution in [3.05, 3.63) is 48.5 Å². The molecule has 3 aromatic heterocycles. The van der Waals surface area contributed by atoms with E-state index in [1.165, 1.54) is 11.3 Å². The Labute approximate surface area is 147 Å². The lowest BCUT2D eigenvalue weighted by atomic mass is 10.2. The van der Waals surface area contributed by atoms with Crippen molar-refractivity contribution in [2.75, 3.05) is 5.32 Å². The monoisotopic (exact) mass is 437 g/mol. The lowest BCUT2D eigenvalue weighted by molar-refractivity contribution is 0.102. The molecule has 4 aromatic rings. The normalized spacial score (nSPS) is 11.0. The molecule has 114 valence electrons. The summed E-state index contributed by atoms with van der Waals surface area (Å²) >= 11 is 3.39. The fourth-order valence-corrected chi connectivity index (χ4v) is 3.31. The van der Waals surface area contributed by atoms with Crippen molar-refractivity contribution >= 4 is 56.3 Å². The molecule has 1 N–H and O–H groups in total. The molecule has 0 saturated carbocycles. The second kappa shape index (κ2) is 5.74. The van der Waals surface area contributed by atoms with Crippen LogP contribution >= 0.6 is 34.2 Å². The molecular weight excluding hydrogens is 429 g/mol. The lowest BCUT2D eigenvalue weighted by Gasteiger charge is -2.01. The van der Waals surface area contributed by atoms with Gasteiger partial charge in [0.15, 0.2) is 10.8 Å². The Morgan fingerprint density at radius 2 is 2.22 bits per heavy atom. The summed E-state index contributed by atoms with van der Waals surface area (Å²) in [5, 5.41) is 11.7. The quantitative estimate of drug-likeness (QED) is 0.495. The fraction of sp³-hybridized carbons (Fsp3) is 0. The van der Waals surface area contributed by atoms with Crippen LogP contribution in [-0.4, -0.2) is 23.9 Å². The Balaban J connectivity index is 1.57. The van der Waals surface area contributed by atoms with E-state index in [0.717, 1.165) is 11.0 Å². The zero-order valence-corrected chi connectivity index (χ0v) is 14.4. The summed E-state index contributed by atoms with van der Waals surface area (Å²) in [6, 6.07) is 8.92. The molecule has 0 atom stereocenters. The molecular formula is C14H8IN5O2S. The lowest BCUT2D eigenvalue weighted by Crippen LogP contribution is -2.11. The van der Waals surface area contributed by atoms with Crippen molar-refractivity contribution in [2.24, 2.45) is 0 Å². The molecule has 0 fully saturated rings. The molecule has 7 nitrogen and oxygen atoms in total. The third-order valence-electron chi connectivity index (χ3n) is 3.14. The summed E-state index contributed by atoms with van der Waals surface area (Å²) in [6.45, 7) is 0. The maximum absolute atomic E-state index is 12.3. The van der Waals surface area contributed by atoms with E-state index in [1.54, 1.807) is 36.9 Å². The van der Waals surface area contributed by atoms with Gasteiger partial charge >= 0.3 is 0 Å². The molecule has 0 aliphatic carbocycles. The zero-order valence-electron chi connectivity index (χ0n) is 11.4. The van der Waals surface area contributed by atoms with Crippen molar-refractivity contribution in [3.8, 4) is 10.8 Å². The number of rotatable bonds is 3. The summed E-state index contributed by atoms with van der Waals surface area (Å²) in [6.07, 6.45) is 3.27. The molecule has 0 aliphatic heterocycles. The first-order valence-corrected chi connectivity index (χ1v) is 8.31. The van der Waals surface area contributed by atoms with Gasteiger partial charge < -0.3 is 4.42 Å². The number of furan rings is 1. The number of halogens is 1. The van der Waals surface area contributed by atoms with Gasteiger partial charge in [0.05, 0.1) is 40.2 Å². The largest absolute Gasteiger partial charge is 0.462 e. The Morgan fingerprint density at radius 1 is 1.30 bits per heavy atom. The van der Waals surface area contributed by atoms with Crippen LogP contribution in [0.4, 0.5) is 5.13 Å². The molecule has 0 aliphatic rings. The molecule has 1 amide bonds. The first-order valence-electron chi connectivity index (χ1n) is 6.53. The number of carbonyl (C=O) groups is 1. The van der Waals surface area contributed by atoms with E-state index in [0.29, 0.717) is 21.5 Å². The van der Waals surface area contributed by atoms with Crippen LogP contribution in [0, 0.1) is 0 Å². The molecule has 4 rings (SSSR count). The van der Waals surface area contributed by atoms with E-state index in [4.69, 9.17) is 4.42 Å². The van der Waals surface area contributed by atoms with Gasteiger partial charge in [0.1, 0.15) is 6.33 Å². The molecule has 0 bridgehead atoms. The van der Waals surface area contributed by atoms with Crippen LogP contribution in [0.3, 0.4) is 0 Å². The number of amides is 1. The third-order valence-corrected chi connectivity index (χ3v) is 4.77. The summed E-state index contributed by atoms with van der Waals surface area (Å²) < 4.78 is 7.13. The van der Waals surface area contributed by atoms with Gasteiger partial charge in [-0.15, -0.1) is 10.2 Å². The van der Waals surface area contributed by atoms with Crippen LogP contribution in [0.2, 0.25) is 0 Å². The maximum atomic E-state index is 12.3. The van der Waals surface area contributed by atoms with Crippen molar-refractivity contribution in [1.82, 2.24) is 18.0 Å². The van der Waals surface area contributed by atoms with Gasteiger partial charge in [0.2, 0.25) is 5.13 Å². The highest BCUT2D eigenvalue weighted by molar-refractivity contribution is 14.1. The van der Waals surface area contributed by atoms with Crippen molar-refractivity contribution in [1.29, 1.82) is 0 Å². The smallest absolute Gasteiger partial charge is 0.257 e. The first kappa shape index (κ1) is 14.3. The van der Waals surface area contributed by atoms with E-state index >= 15 is 0 Å². The SMILES string of the molecule is O=C(Nc1nnc(-c2ccco2)s1)c1ccc2c(c1)ncn2I. The van der Waals surface area contributed by atoms with Gasteiger partial charge in [-0.2, -0.15) is 0 Å². The standard InChI is InChI=1S/C14H8IN5O2S/c15-20-7-16-9-6-8(3-4-10(9)20)12(21)17-14-19-18-13(23-14)11-2-1-5-22-11/h1-7H,(H,17,19,21). The Kier molecular flexibility index (Phi) is 3.58. The van der Waals surface area contributed by atoms with Gasteiger partial charge in [-0.25, -0.2) is 4.98 Å².